The number of halogens is 2. The Kier molecular flexibility index (Phi) is 27.3. The van der Waals surface area contributed by atoms with Gasteiger partial charge >= 0.3 is 0 Å². The van der Waals surface area contributed by atoms with Crippen molar-refractivity contribution in [3.63, 3.8) is 0 Å². The van der Waals surface area contributed by atoms with Gasteiger partial charge in [-0.25, -0.2) is 0 Å². The van der Waals surface area contributed by atoms with Crippen molar-refractivity contribution in [2.45, 2.75) is 135 Å². The Morgan fingerprint density at radius 3 is 1.69 bits per heavy atom. The Morgan fingerprint density at radius 2 is 1.10 bits per heavy atom. The second-order valence-corrected chi connectivity index (χ2v) is 25.2. The molecule has 24 nitrogen and oxygen atoms in total. The highest BCUT2D eigenvalue weighted by Crippen LogP contribution is 2.22. The van der Waals surface area contributed by atoms with Gasteiger partial charge in [-0.2, -0.15) is 0 Å². The molecule has 0 aromatic heterocycles. The van der Waals surface area contributed by atoms with Crippen LogP contribution >= 0.6 is 23.2 Å². The summed E-state index contributed by atoms with van der Waals surface area (Å²) >= 11 is 12.6. The Balaban J connectivity index is 1.58. The van der Waals surface area contributed by atoms with Gasteiger partial charge < -0.3 is 60.5 Å². The number of likely N-dealkylation sites (tertiary alicyclic amines) is 1. The van der Waals surface area contributed by atoms with E-state index in [2.05, 4.69) is 21.3 Å². The average molecular weight is 1300 g/mol. The molecule has 0 radical (unpaired) electrons. The molecule has 2 heterocycles. The van der Waals surface area contributed by atoms with E-state index in [-0.39, 0.29) is 19.3 Å². The summed E-state index contributed by atoms with van der Waals surface area (Å²) in [5.41, 5.74) is 1.76. The maximum atomic E-state index is 15.2. The minimum absolute atomic E-state index is 0.0497. The largest absolute Gasteiger partial charge is 0.343 e. The number of hydrogen-bond donors (Lipinski definition) is 4. The molecule has 0 aliphatic carbocycles. The van der Waals surface area contributed by atoms with Crippen LogP contribution in [-0.2, 0) is 76.8 Å². The topological polar surface area (TPSA) is 279 Å². The second kappa shape index (κ2) is 33.8. The minimum Gasteiger partial charge on any atom is -0.343 e. The van der Waals surface area contributed by atoms with Gasteiger partial charge in [0, 0.05) is 91.7 Å². The first-order valence-corrected chi connectivity index (χ1v) is 31.4. The van der Waals surface area contributed by atoms with E-state index in [9.17, 15) is 52.7 Å². The molecule has 496 valence electrons. The number of carbonyl (C=O) groups is 12. The van der Waals surface area contributed by atoms with E-state index in [1.165, 1.54) is 77.9 Å². The van der Waals surface area contributed by atoms with E-state index in [0.29, 0.717) is 59.1 Å². The fourth-order valence-electron chi connectivity index (χ4n) is 11.0. The highest BCUT2D eigenvalue weighted by molar-refractivity contribution is 6.30. The van der Waals surface area contributed by atoms with Crippen molar-refractivity contribution in [3.05, 3.63) is 106 Å². The van der Waals surface area contributed by atoms with E-state index in [1.54, 1.807) is 107 Å². The first-order valence-electron chi connectivity index (χ1n) is 30.7. The Bertz CT molecular complexity index is 3110. The smallest absolute Gasteiger partial charge is 0.246 e. The lowest BCUT2D eigenvalue weighted by molar-refractivity contribution is -0.150. The fourth-order valence-corrected chi connectivity index (χ4v) is 11.3. The molecule has 2 fully saturated rings. The third kappa shape index (κ3) is 20.2. The number of nitrogens with one attached hydrogen (secondary N) is 4. The normalized spacial score (nSPS) is 24.3. The highest BCUT2D eigenvalue weighted by Gasteiger charge is 2.42. The van der Waals surface area contributed by atoms with Gasteiger partial charge in [0.25, 0.3) is 0 Å². The van der Waals surface area contributed by atoms with Crippen LogP contribution in [0, 0.1) is 11.8 Å². The van der Waals surface area contributed by atoms with E-state index in [1.807, 2.05) is 0 Å². The van der Waals surface area contributed by atoms with Gasteiger partial charge in [0.15, 0.2) is 0 Å². The number of hydrogen-bond acceptors (Lipinski definition) is 12. The van der Waals surface area contributed by atoms with Gasteiger partial charge in [-0.15, -0.1) is 0 Å². The molecule has 3 aromatic carbocycles. The number of nitrogens with zero attached hydrogens (tertiary/aromatic N) is 8. The molecule has 91 heavy (non-hydrogen) atoms. The Labute approximate surface area is 544 Å². The average Bonchev–Trinajstić information content (AvgIpc) is 1.53. The van der Waals surface area contributed by atoms with E-state index in [0.717, 1.165) is 24.5 Å². The summed E-state index contributed by atoms with van der Waals surface area (Å²) in [6.45, 7) is 8.78. The zero-order chi connectivity index (χ0) is 67.7. The highest BCUT2D eigenvalue weighted by atomic mass is 35.5. The molecule has 5 rings (SSSR count). The monoisotopic (exact) mass is 1300 g/mol. The van der Waals surface area contributed by atoms with E-state index < -0.39 is 157 Å². The third-order valence-corrected chi connectivity index (χ3v) is 17.6. The maximum absolute atomic E-state index is 15.2. The molecule has 0 unspecified atom stereocenters. The quantitative estimate of drug-likeness (QED) is 0.228. The van der Waals surface area contributed by atoms with Crippen LogP contribution in [0.2, 0.25) is 10.0 Å². The number of rotatable bonds is 10. The SMILES string of the molecule is CC[C@H](C)[C@@H]1NC(=O)[C@H](C)N(C)C(=O)C[C@H](C(=O)N2CCCC2)NC(=O)[C@H](C(C)C)N(C)C(=O)[C@H](Cc2ccccc2)N(C)C(=O)[C@H](C)NC(=O)[C@H](Cc2cccc(Cl)c2)NC(=O)CN(C)C(=O)[C@H](Cc2ccc(Cl)cc2)N(C)C(=O)CN(C)C(=O)CN(C)C1=O. The van der Waals surface area contributed by atoms with Gasteiger partial charge in [0.05, 0.1) is 26.1 Å². The summed E-state index contributed by atoms with van der Waals surface area (Å²) in [5, 5.41) is 11.7. The molecule has 4 N–H and O–H groups in total. The lowest BCUT2D eigenvalue weighted by Crippen LogP contribution is -2.61. The predicted octanol–water partition coefficient (Wildman–Crippen LogP) is 2.41. The van der Waals surface area contributed by atoms with Crippen molar-refractivity contribution in [3.8, 4) is 0 Å². The van der Waals surface area contributed by atoms with Crippen molar-refractivity contribution in [2.24, 2.45) is 11.8 Å². The standard InChI is InChI=1S/C65H90Cl2N12O12/c1-14-40(4)56-65(91)74(9)37-54(82)72(7)38-55(83)76(11)50(34-44-25-27-46(66)28-26-44)63(89)73(8)36-52(80)69-48(32-45-23-20-24-47(67)31-45)59(85)68-41(5)61(87)77(12)51(33-43-21-16-15-17-22-43)64(90)78(13)57(39(2)3)60(86)70-49(62(88)79-29-18-19-30-79)35-53(81)75(10)42(6)58(84)71-56/h15-17,20-28,31,39-42,48-51,56-57H,14,18-19,29-30,32-38H2,1-13H3,(H,68,85)(H,69,80)(H,70,86)(H,71,84)/t40-,41-,42-,48-,49+,50-,51-,56-,57-/m0/s1. The molecular formula is C65H90Cl2N12O12. The van der Waals surface area contributed by atoms with Crippen molar-refractivity contribution < 1.29 is 57.5 Å². The number of amides is 12. The van der Waals surface area contributed by atoms with Crippen LogP contribution < -0.4 is 21.3 Å². The molecule has 0 spiro atoms. The second-order valence-electron chi connectivity index (χ2n) is 24.3. The van der Waals surface area contributed by atoms with Gasteiger partial charge in [-0.05, 0) is 79.5 Å². The molecule has 26 heteroatoms. The van der Waals surface area contributed by atoms with Crippen LogP contribution in [0.1, 0.15) is 83.9 Å². The van der Waals surface area contributed by atoms with Crippen molar-refractivity contribution in [1.82, 2.24) is 60.5 Å². The fraction of sp³-hybridized carbons (Fsp3) is 0.538. The third-order valence-electron chi connectivity index (χ3n) is 17.1. The number of benzene rings is 3. The van der Waals surface area contributed by atoms with Crippen LogP contribution in [0.25, 0.3) is 0 Å². The first-order chi connectivity index (χ1) is 42.8. The van der Waals surface area contributed by atoms with Crippen LogP contribution in [0.15, 0.2) is 78.9 Å². The minimum atomic E-state index is -1.46. The molecule has 2 aliphatic heterocycles. The lowest BCUT2D eigenvalue weighted by atomic mass is 9.97. The van der Waals surface area contributed by atoms with Crippen molar-refractivity contribution >= 4 is 94.1 Å². The van der Waals surface area contributed by atoms with Crippen molar-refractivity contribution in [2.75, 3.05) is 82.1 Å². The van der Waals surface area contributed by atoms with Crippen molar-refractivity contribution in [1.29, 1.82) is 0 Å². The van der Waals surface area contributed by atoms with Crippen LogP contribution in [-0.4, -0.2) is 240 Å². The summed E-state index contributed by atoms with van der Waals surface area (Å²) in [6, 6.07) is 11.5. The van der Waals surface area contributed by atoms with Crippen LogP contribution in [0.3, 0.4) is 0 Å². The lowest BCUT2D eigenvalue weighted by Gasteiger charge is -2.37. The molecule has 3 aromatic rings. The molecule has 0 bridgehead atoms. The van der Waals surface area contributed by atoms with Crippen LogP contribution in [0.4, 0.5) is 0 Å². The van der Waals surface area contributed by atoms with Gasteiger partial charge in [0.1, 0.15) is 48.3 Å². The zero-order valence-corrected chi connectivity index (χ0v) is 56.0. The molecule has 12 amide bonds. The summed E-state index contributed by atoms with van der Waals surface area (Å²) in [6.07, 6.45) is 0.918. The van der Waals surface area contributed by atoms with Gasteiger partial charge in [-0.1, -0.05) is 112 Å². The Hall–Kier alpha value is -8.12. The summed E-state index contributed by atoms with van der Waals surface area (Å²) < 4.78 is 0. The number of likely N-dealkylation sites (N-methyl/N-ethyl adjacent to an activating group) is 7. The Morgan fingerprint density at radius 1 is 0.527 bits per heavy atom. The molecular weight excluding hydrogens is 1210 g/mol. The summed E-state index contributed by atoms with van der Waals surface area (Å²) in [7, 11) is 9.57. The molecule has 2 aliphatic rings. The van der Waals surface area contributed by atoms with E-state index in [4.69, 9.17) is 23.2 Å². The zero-order valence-electron chi connectivity index (χ0n) is 54.5. The van der Waals surface area contributed by atoms with Gasteiger partial charge in [0.2, 0.25) is 70.9 Å². The predicted molar refractivity (Wildman–Crippen MR) is 343 cm³/mol. The molecule has 9 atom stereocenters. The molecule has 0 saturated carbocycles. The molecule has 2 saturated heterocycles. The number of carbonyl (C=O) groups excluding carboxylic acids is 12. The first kappa shape index (κ1) is 73.6. The summed E-state index contributed by atoms with van der Waals surface area (Å²) in [5.74, 6) is -9.61. The van der Waals surface area contributed by atoms with Gasteiger partial charge in [-0.3, -0.25) is 57.5 Å². The van der Waals surface area contributed by atoms with Crippen LogP contribution in [0.5, 0.6) is 0 Å². The maximum Gasteiger partial charge on any atom is 0.246 e. The van der Waals surface area contributed by atoms with E-state index >= 15 is 4.79 Å². The summed E-state index contributed by atoms with van der Waals surface area (Å²) in [4.78, 5) is 183.